The molecule has 2 rings (SSSR count). The lowest BCUT2D eigenvalue weighted by atomic mass is 10.1. The van der Waals surface area contributed by atoms with Gasteiger partial charge >= 0.3 is 0 Å². The molecular formula is C16H23N3S2. The first-order chi connectivity index (χ1) is 10.2. The highest BCUT2D eigenvalue weighted by molar-refractivity contribution is 7.98. The molecule has 21 heavy (non-hydrogen) atoms. The summed E-state index contributed by atoms with van der Waals surface area (Å²) in [7, 11) is 2.14. The Kier molecular flexibility index (Phi) is 6.08. The molecule has 0 fully saturated rings. The van der Waals surface area contributed by atoms with Crippen molar-refractivity contribution >= 4 is 28.2 Å². The number of aromatic nitrogens is 1. The minimum absolute atomic E-state index is 0.514. The fourth-order valence-corrected chi connectivity index (χ4v) is 4.14. The van der Waals surface area contributed by atoms with Crippen molar-refractivity contribution in [1.82, 2.24) is 4.98 Å². The molecule has 0 aliphatic carbocycles. The van der Waals surface area contributed by atoms with Crippen molar-refractivity contribution in [2.24, 2.45) is 5.73 Å². The molecule has 0 bridgehead atoms. The number of hydrogen-bond acceptors (Lipinski definition) is 5. The van der Waals surface area contributed by atoms with Crippen molar-refractivity contribution in [3.8, 4) is 11.3 Å². The molecule has 1 aromatic heterocycles. The second kappa shape index (κ2) is 7.82. The lowest BCUT2D eigenvalue weighted by Gasteiger charge is -2.26. The van der Waals surface area contributed by atoms with Gasteiger partial charge in [-0.05, 0) is 12.7 Å². The van der Waals surface area contributed by atoms with Gasteiger partial charge in [0.05, 0.1) is 5.69 Å². The maximum Gasteiger partial charge on any atom is 0.186 e. The van der Waals surface area contributed by atoms with Crippen LogP contribution in [-0.2, 0) is 6.54 Å². The van der Waals surface area contributed by atoms with Crippen LogP contribution in [0.2, 0.25) is 0 Å². The number of thiazole rings is 1. The third-order valence-corrected chi connectivity index (χ3v) is 5.48. The highest BCUT2D eigenvalue weighted by Crippen LogP contribution is 2.33. The maximum atomic E-state index is 5.92. The Balaban J connectivity index is 2.32. The van der Waals surface area contributed by atoms with Gasteiger partial charge in [0.15, 0.2) is 5.13 Å². The highest BCUT2D eigenvalue weighted by atomic mass is 32.2. The summed E-state index contributed by atoms with van der Waals surface area (Å²) in [5.74, 6) is 1.12. The van der Waals surface area contributed by atoms with E-state index in [0.29, 0.717) is 12.6 Å². The summed E-state index contributed by atoms with van der Waals surface area (Å²) < 4.78 is 0. The molecule has 0 spiro atoms. The number of anilines is 1. The fraction of sp³-hybridized carbons (Fsp3) is 0.438. The maximum absolute atomic E-state index is 5.92. The molecule has 1 unspecified atom stereocenters. The third-order valence-electron chi connectivity index (χ3n) is 3.60. The zero-order valence-corrected chi connectivity index (χ0v) is 14.5. The molecule has 5 heteroatoms. The lowest BCUT2D eigenvalue weighted by Crippen LogP contribution is -2.32. The van der Waals surface area contributed by atoms with Crippen molar-refractivity contribution in [1.29, 1.82) is 0 Å². The standard InChI is InChI=1S/C16H23N3S2/c1-4-13(11-20-3)19(2)16-18-15(14(10-17)21-16)12-8-6-5-7-9-12/h5-9,13H,4,10-11,17H2,1-3H3. The van der Waals surface area contributed by atoms with Gasteiger partial charge in [-0.2, -0.15) is 11.8 Å². The summed E-state index contributed by atoms with van der Waals surface area (Å²) in [6, 6.07) is 10.8. The summed E-state index contributed by atoms with van der Waals surface area (Å²) in [6.45, 7) is 2.77. The Morgan fingerprint density at radius 3 is 2.62 bits per heavy atom. The Labute approximate surface area is 135 Å². The van der Waals surface area contributed by atoms with Gasteiger partial charge in [-0.1, -0.05) is 48.6 Å². The van der Waals surface area contributed by atoms with E-state index in [1.165, 1.54) is 0 Å². The third kappa shape index (κ3) is 3.78. The van der Waals surface area contributed by atoms with Gasteiger partial charge in [-0.25, -0.2) is 4.98 Å². The van der Waals surface area contributed by atoms with Gasteiger partial charge < -0.3 is 10.6 Å². The van der Waals surface area contributed by atoms with Crippen LogP contribution in [0.4, 0.5) is 5.13 Å². The molecule has 0 radical (unpaired) electrons. The topological polar surface area (TPSA) is 42.2 Å². The molecule has 3 nitrogen and oxygen atoms in total. The fourth-order valence-electron chi connectivity index (χ4n) is 2.30. The molecule has 0 amide bonds. The van der Waals surface area contributed by atoms with E-state index in [9.17, 15) is 0 Å². The van der Waals surface area contributed by atoms with Crippen molar-refractivity contribution in [3.05, 3.63) is 35.2 Å². The van der Waals surface area contributed by atoms with Crippen LogP contribution in [0.3, 0.4) is 0 Å². The molecule has 114 valence electrons. The van der Waals surface area contributed by atoms with Crippen LogP contribution in [0.5, 0.6) is 0 Å². The first-order valence-electron chi connectivity index (χ1n) is 7.18. The Bertz CT molecular complexity index is 554. The van der Waals surface area contributed by atoms with Crippen LogP contribution >= 0.6 is 23.1 Å². The van der Waals surface area contributed by atoms with Gasteiger partial charge in [0.25, 0.3) is 0 Å². The second-order valence-corrected chi connectivity index (χ2v) is 6.94. The molecule has 0 saturated heterocycles. The second-order valence-electron chi connectivity index (χ2n) is 4.97. The number of thioether (sulfide) groups is 1. The largest absolute Gasteiger partial charge is 0.347 e. The molecule has 0 aliphatic heterocycles. The Morgan fingerprint density at radius 1 is 1.33 bits per heavy atom. The smallest absolute Gasteiger partial charge is 0.186 e. The van der Waals surface area contributed by atoms with E-state index in [-0.39, 0.29) is 0 Å². The minimum Gasteiger partial charge on any atom is -0.347 e. The average molecular weight is 322 g/mol. The summed E-state index contributed by atoms with van der Waals surface area (Å²) in [5.41, 5.74) is 8.09. The molecule has 0 saturated carbocycles. The average Bonchev–Trinajstić information content (AvgIpc) is 2.97. The monoisotopic (exact) mass is 321 g/mol. The van der Waals surface area contributed by atoms with Gasteiger partial charge in [-0.3, -0.25) is 0 Å². The normalized spacial score (nSPS) is 12.4. The van der Waals surface area contributed by atoms with E-state index >= 15 is 0 Å². The molecule has 0 aliphatic rings. The van der Waals surface area contributed by atoms with E-state index in [1.54, 1.807) is 11.3 Å². The highest BCUT2D eigenvalue weighted by Gasteiger charge is 2.19. The first-order valence-corrected chi connectivity index (χ1v) is 9.39. The number of rotatable bonds is 7. The van der Waals surface area contributed by atoms with Crippen LogP contribution in [0.15, 0.2) is 30.3 Å². The van der Waals surface area contributed by atoms with E-state index < -0.39 is 0 Å². The lowest BCUT2D eigenvalue weighted by molar-refractivity contribution is 0.671. The molecule has 1 aromatic carbocycles. The molecule has 2 N–H and O–H groups in total. The Hall–Kier alpha value is -1.04. The van der Waals surface area contributed by atoms with Gasteiger partial charge in [0.1, 0.15) is 0 Å². The minimum atomic E-state index is 0.514. The van der Waals surface area contributed by atoms with Crippen LogP contribution in [0.25, 0.3) is 11.3 Å². The van der Waals surface area contributed by atoms with Crippen LogP contribution in [0, 0.1) is 0 Å². The van der Waals surface area contributed by atoms with Crippen LogP contribution in [0.1, 0.15) is 18.2 Å². The zero-order valence-electron chi connectivity index (χ0n) is 12.9. The SMILES string of the molecule is CCC(CSC)N(C)c1nc(-c2ccccc2)c(CN)s1. The van der Waals surface area contributed by atoms with E-state index in [4.69, 9.17) is 10.7 Å². The molecule has 1 atom stereocenters. The van der Waals surface area contributed by atoms with Crippen molar-refractivity contribution in [2.45, 2.75) is 25.9 Å². The summed E-state index contributed by atoms with van der Waals surface area (Å²) in [5, 5.41) is 1.07. The number of nitrogens with zero attached hydrogens (tertiary/aromatic N) is 2. The van der Waals surface area contributed by atoms with Crippen LogP contribution < -0.4 is 10.6 Å². The first kappa shape index (κ1) is 16.3. The summed E-state index contributed by atoms with van der Waals surface area (Å²) in [4.78, 5) is 8.31. The number of benzene rings is 1. The van der Waals surface area contributed by atoms with Gasteiger partial charge in [-0.15, -0.1) is 0 Å². The van der Waals surface area contributed by atoms with Crippen molar-refractivity contribution in [2.75, 3.05) is 24.0 Å². The predicted molar refractivity (Wildman–Crippen MR) is 96.3 cm³/mol. The Morgan fingerprint density at radius 2 is 2.05 bits per heavy atom. The predicted octanol–water partition coefficient (Wildman–Crippen LogP) is 3.85. The van der Waals surface area contributed by atoms with Crippen molar-refractivity contribution < 1.29 is 0 Å². The zero-order chi connectivity index (χ0) is 15.2. The van der Waals surface area contributed by atoms with E-state index in [1.807, 2.05) is 30.0 Å². The summed E-state index contributed by atoms with van der Waals surface area (Å²) >= 11 is 3.59. The van der Waals surface area contributed by atoms with Crippen LogP contribution in [-0.4, -0.2) is 30.1 Å². The van der Waals surface area contributed by atoms with E-state index in [2.05, 4.69) is 37.3 Å². The van der Waals surface area contributed by atoms with Gasteiger partial charge in [0.2, 0.25) is 0 Å². The van der Waals surface area contributed by atoms with Gasteiger partial charge in [0, 0.05) is 35.8 Å². The molecule has 1 heterocycles. The van der Waals surface area contributed by atoms with E-state index in [0.717, 1.165) is 33.4 Å². The quantitative estimate of drug-likeness (QED) is 0.841. The summed E-state index contributed by atoms with van der Waals surface area (Å²) in [6.07, 6.45) is 3.27. The number of nitrogens with two attached hydrogens (primary N) is 1. The molecular weight excluding hydrogens is 298 g/mol. The number of hydrogen-bond donors (Lipinski definition) is 1. The molecule has 2 aromatic rings. The van der Waals surface area contributed by atoms with Crippen molar-refractivity contribution in [3.63, 3.8) is 0 Å².